The summed E-state index contributed by atoms with van der Waals surface area (Å²) in [5, 5.41) is 16.7. The van der Waals surface area contributed by atoms with Crippen molar-refractivity contribution in [3.8, 4) is 11.5 Å². The van der Waals surface area contributed by atoms with Gasteiger partial charge in [-0.15, -0.1) is 0 Å². The Morgan fingerprint density at radius 2 is 1.55 bits per heavy atom. The lowest BCUT2D eigenvalue weighted by atomic mass is 10.1. The Hall–Kier alpha value is -1.51. The van der Waals surface area contributed by atoms with Gasteiger partial charge in [0.15, 0.2) is 0 Å². The summed E-state index contributed by atoms with van der Waals surface area (Å²) in [4.78, 5) is 0. The molecule has 0 aromatic heterocycles. The summed E-state index contributed by atoms with van der Waals surface area (Å²) in [5.41, 5.74) is 0.501. The van der Waals surface area contributed by atoms with Crippen LogP contribution in [0.3, 0.4) is 0 Å². The van der Waals surface area contributed by atoms with Gasteiger partial charge in [0, 0.05) is 11.8 Å². The van der Waals surface area contributed by atoms with Gasteiger partial charge in [0.25, 0.3) is 0 Å². The molecule has 0 bridgehead atoms. The third-order valence-corrected chi connectivity index (χ3v) is 3.92. The van der Waals surface area contributed by atoms with E-state index in [1.807, 2.05) is 0 Å². The van der Waals surface area contributed by atoms with Gasteiger partial charge in [-0.25, -0.2) is 0 Å². The first-order valence-corrected chi connectivity index (χ1v) is 8.74. The van der Waals surface area contributed by atoms with E-state index in [0.717, 1.165) is 18.4 Å². The maximum Gasteiger partial charge on any atom is 0.124 e. The lowest BCUT2D eigenvalue weighted by Gasteiger charge is -2.07. The van der Waals surface area contributed by atoms with E-state index >= 15 is 0 Å². The Morgan fingerprint density at radius 3 is 2.14 bits per heavy atom. The fraction of sp³-hybridized carbons (Fsp3) is 0.632. The van der Waals surface area contributed by atoms with Gasteiger partial charge in [-0.1, -0.05) is 64.7 Å². The van der Waals surface area contributed by atoms with E-state index in [-0.39, 0.29) is 5.75 Å². The zero-order chi connectivity index (χ0) is 16.0. The first-order chi connectivity index (χ1) is 10.8. The van der Waals surface area contributed by atoms with Crippen LogP contribution in [-0.4, -0.2) is 17.9 Å². The van der Waals surface area contributed by atoms with Crippen LogP contribution in [0.15, 0.2) is 18.2 Å². The summed E-state index contributed by atoms with van der Waals surface area (Å²) < 4.78 is 5.66. The highest BCUT2D eigenvalue weighted by atomic mass is 16.5. The fourth-order valence-corrected chi connectivity index (χ4v) is 2.52. The predicted octanol–water partition coefficient (Wildman–Crippen LogP) is 5.69. The molecule has 0 saturated heterocycles. The number of nitrogens with one attached hydrogen (secondary N) is 1. The number of phenolic OH excluding ortho intramolecular Hbond substituents is 1. The number of ether oxygens (including phenoxy) is 1. The number of unbranched alkanes of at least 4 members (excludes halogenated alkanes) is 9. The molecular formula is C19H31NO2. The van der Waals surface area contributed by atoms with Gasteiger partial charge in [0.1, 0.15) is 11.5 Å². The van der Waals surface area contributed by atoms with Gasteiger partial charge in [-0.05, 0) is 24.6 Å². The Bertz CT molecular complexity index is 418. The van der Waals surface area contributed by atoms with Gasteiger partial charge in [-0.3, -0.25) is 0 Å². The quantitative estimate of drug-likeness (QED) is 0.363. The minimum atomic E-state index is 0.126. The summed E-state index contributed by atoms with van der Waals surface area (Å²) in [6, 6.07) is 5.03. The topological polar surface area (TPSA) is 53.3 Å². The van der Waals surface area contributed by atoms with E-state index in [9.17, 15) is 5.11 Å². The van der Waals surface area contributed by atoms with E-state index in [2.05, 4.69) is 6.92 Å². The van der Waals surface area contributed by atoms with Crippen molar-refractivity contribution >= 4 is 6.21 Å². The van der Waals surface area contributed by atoms with E-state index < -0.39 is 0 Å². The standard InChI is InChI=1S/C19H31NO2/c1-2-3-4-5-6-7-8-9-10-11-14-22-18-12-13-19(21)17(15-18)16-20/h12-13,15-16,20-21H,2-11,14H2,1H3. The van der Waals surface area contributed by atoms with Crippen molar-refractivity contribution in [3.63, 3.8) is 0 Å². The Balaban J connectivity index is 1.98. The first-order valence-electron chi connectivity index (χ1n) is 8.74. The smallest absolute Gasteiger partial charge is 0.124 e. The summed E-state index contributed by atoms with van der Waals surface area (Å²) >= 11 is 0. The number of benzene rings is 1. The molecule has 0 aliphatic rings. The summed E-state index contributed by atoms with van der Waals surface area (Å²) in [6.45, 7) is 2.96. The van der Waals surface area contributed by atoms with Crippen molar-refractivity contribution in [2.24, 2.45) is 0 Å². The molecule has 3 nitrogen and oxygen atoms in total. The van der Waals surface area contributed by atoms with Crippen LogP contribution in [-0.2, 0) is 0 Å². The fourth-order valence-electron chi connectivity index (χ4n) is 2.52. The summed E-state index contributed by atoms with van der Waals surface area (Å²) in [5.74, 6) is 0.855. The van der Waals surface area contributed by atoms with Crippen LogP contribution in [0.4, 0.5) is 0 Å². The lowest BCUT2D eigenvalue weighted by Crippen LogP contribution is -1.98. The number of phenols is 1. The van der Waals surface area contributed by atoms with Gasteiger partial charge in [0.2, 0.25) is 0 Å². The van der Waals surface area contributed by atoms with Crippen LogP contribution >= 0.6 is 0 Å². The SMILES string of the molecule is CCCCCCCCCCCCOc1ccc(O)c(C=N)c1. The molecule has 22 heavy (non-hydrogen) atoms. The average Bonchev–Trinajstić information content (AvgIpc) is 2.54. The monoisotopic (exact) mass is 305 g/mol. The van der Waals surface area contributed by atoms with Crippen molar-refractivity contribution in [1.82, 2.24) is 0 Å². The van der Waals surface area contributed by atoms with E-state index in [0.29, 0.717) is 12.2 Å². The maximum absolute atomic E-state index is 9.49. The summed E-state index contributed by atoms with van der Waals surface area (Å²) in [7, 11) is 0. The van der Waals surface area contributed by atoms with E-state index in [1.165, 1.54) is 57.8 Å². The molecule has 1 aromatic rings. The van der Waals surface area contributed by atoms with Gasteiger partial charge >= 0.3 is 0 Å². The van der Waals surface area contributed by atoms with Crippen LogP contribution in [0, 0.1) is 5.41 Å². The van der Waals surface area contributed by atoms with Crippen LogP contribution < -0.4 is 4.74 Å². The molecule has 3 heteroatoms. The molecule has 0 fully saturated rings. The van der Waals surface area contributed by atoms with Crippen molar-refractivity contribution in [2.75, 3.05) is 6.61 Å². The predicted molar refractivity (Wildman–Crippen MR) is 93.3 cm³/mol. The summed E-state index contributed by atoms with van der Waals surface area (Å²) in [6.07, 6.45) is 14.3. The highest BCUT2D eigenvalue weighted by molar-refractivity contribution is 5.81. The Morgan fingerprint density at radius 1 is 0.955 bits per heavy atom. The van der Waals surface area contributed by atoms with Crippen molar-refractivity contribution < 1.29 is 9.84 Å². The second kappa shape index (κ2) is 12.1. The number of aromatic hydroxyl groups is 1. The van der Waals surface area contributed by atoms with Crippen molar-refractivity contribution in [1.29, 1.82) is 5.41 Å². The molecule has 0 atom stereocenters. The molecule has 0 aliphatic heterocycles. The molecule has 0 saturated carbocycles. The molecule has 1 aromatic carbocycles. The van der Waals surface area contributed by atoms with Gasteiger partial charge in [-0.2, -0.15) is 0 Å². The largest absolute Gasteiger partial charge is 0.507 e. The van der Waals surface area contributed by atoms with Gasteiger partial charge in [0.05, 0.1) is 6.61 Å². The van der Waals surface area contributed by atoms with Gasteiger partial charge < -0.3 is 15.3 Å². The van der Waals surface area contributed by atoms with Crippen molar-refractivity contribution in [3.05, 3.63) is 23.8 Å². The molecule has 0 amide bonds. The molecule has 124 valence electrons. The minimum absolute atomic E-state index is 0.126. The number of hydrogen-bond donors (Lipinski definition) is 2. The molecule has 1 rings (SSSR count). The molecule has 0 unspecified atom stereocenters. The maximum atomic E-state index is 9.49. The molecule has 0 radical (unpaired) electrons. The third kappa shape index (κ3) is 8.06. The molecular weight excluding hydrogens is 274 g/mol. The highest BCUT2D eigenvalue weighted by Gasteiger charge is 2.01. The average molecular weight is 305 g/mol. The second-order valence-electron chi connectivity index (χ2n) is 5.90. The lowest BCUT2D eigenvalue weighted by molar-refractivity contribution is 0.303. The zero-order valence-electron chi connectivity index (χ0n) is 13.9. The Labute approximate surface area is 135 Å². The number of hydrogen-bond acceptors (Lipinski definition) is 3. The first kappa shape index (κ1) is 18.5. The third-order valence-electron chi connectivity index (χ3n) is 3.92. The van der Waals surface area contributed by atoms with Crippen molar-refractivity contribution in [2.45, 2.75) is 71.1 Å². The Kier molecular flexibility index (Phi) is 10.2. The zero-order valence-corrected chi connectivity index (χ0v) is 13.9. The molecule has 0 heterocycles. The van der Waals surface area contributed by atoms with Crippen LogP contribution in [0.2, 0.25) is 0 Å². The van der Waals surface area contributed by atoms with E-state index in [4.69, 9.17) is 10.1 Å². The molecule has 0 spiro atoms. The minimum Gasteiger partial charge on any atom is -0.507 e. The normalized spacial score (nSPS) is 10.6. The molecule has 0 aliphatic carbocycles. The van der Waals surface area contributed by atoms with E-state index in [1.54, 1.807) is 18.2 Å². The van der Waals surface area contributed by atoms with Crippen LogP contribution in [0.1, 0.15) is 76.7 Å². The second-order valence-corrected chi connectivity index (χ2v) is 5.90. The highest BCUT2D eigenvalue weighted by Crippen LogP contribution is 2.21. The molecule has 2 N–H and O–H groups in total. The van der Waals surface area contributed by atoms with Crippen LogP contribution in [0.5, 0.6) is 11.5 Å². The van der Waals surface area contributed by atoms with Crippen LogP contribution in [0.25, 0.3) is 0 Å². The number of rotatable bonds is 13.